The Morgan fingerprint density at radius 1 is 1.32 bits per heavy atom. The molecule has 0 radical (unpaired) electrons. The zero-order chi connectivity index (χ0) is 13.7. The summed E-state index contributed by atoms with van der Waals surface area (Å²) < 4.78 is 10.9. The molecule has 0 aromatic heterocycles. The summed E-state index contributed by atoms with van der Waals surface area (Å²) in [7, 11) is 1.52. The van der Waals surface area contributed by atoms with Crippen LogP contribution in [0.5, 0.6) is 11.5 Å². The van der Waals surface area contributed by atoms with Gasteiger partial charge in [0.15, 0.2) is 17.6 Å². The van der Waals surface area contributed by atoms with Crippen LogP contribution in [-0.4, -0.2) is 32.0 Å². The molecule has 0 saturated carbocycles. The molecule has 5 nitrogen and oxygen atoms in total. The third-order valence-electron chi connectivity index (χ3n) is 3.08. The first-order chi connectivity index (χ1) is 9.24. The number of rotatable bonds is 4. The van der Waals surface area contributed by atoms with Crippen molar-refractivity contribution in [1.29, 1.82) is 0 Å². The highest BCUT2D eigenvalue weighted by Crippen LogP contribution is 2.29. The van der Waals surface area contributed by atoms with Crippen LogP contribution in [-0.2, 0) is 4.79 Å². The van der Waals surface area contributed by atoms with Gasteiger partial charge in [-0.05, 0) is 37.5 Å². The first-order valence-electron chi connectivity index (χ1n) is 6.32. The zero-order valence-electron chi connectivity index (χ0n) is 10.8. The molecule has 1 unspecified atom stereocenters. The number of hydrogen-bond donors (Lipinski definition) is 1. The molecule has 19 heavy (non-hydrogen) atoms. The molecule has 1 aliphatic heterocycles. The van der Waals surface area contributed by atoms with E-state index in [0.29, 0.717) is 30.0 Å². The molecule has 1 aromatic rings. The van der Waals surface area contributed by atoms with Gasteiger partial charge >= 0.3 is 0 Å². The molecule has 0 aliphatic carbocycles. The number of benzene rings is 1. The van der Waals surface area contributed by atoms with Gasteiger partial charge in [0.2, 0.25) is 0 Å². The zero-order valence-corrected chi connectivity index (χ0v) is 10.8. The van der Waals surface area contributed by atoms with E-state index in [1.165, 1.54) is 7.11 Å². The van der Waals surface area contributed by atoms with Gasteiger partial charge in [0.1, 0.15) is 6.29 Å². The Morgan fingerprint density at radius 2 is 2.16 bits per heavy atom. The Kier molecular flexibility index (Phi) is 4.39. The van der Waals surface area contributed by atoms with Gasteiger partial charge in [-0.1, -0.05) is 0 Å². The highest BCUT2D eigenvalue weighted by atomic mass is 16.5. The quantitative estimate of drug-likeness (QED) is 0.837. The van der Waals surface area contributed by atoms with Crippen molar-refractivity contribution in [3.63, 3.8) is 0 Å². The van der Waals surface area contributed by atoms with Crippen LogP contribution >= 0.6 is 0 Å². The van der Waals surface area contributed by atoms with Crippen molar-refractivity contribution in [2.75, 3.05) is 13.7 Å². The second-order valence-corrected chi connectivity index (χ2v) is 4.42. The molecule has 1 aliphatic rings. The fraction of sp³-hybridized carbons (Fsp3) is 0.429. The van der Waals surface area contributed by atoms with Crippen molar-refractivity contribution in [3.05, 3.63) is 23.8 Å². The molecule has 0 bridgehead atoms. The van der Waals surface area contributed by atoms with E-state index in [-0.39, 0.29) is 5.91 Å². The number of nitrogens with one attached hydrogen (secondary N) is 1. The summed E-state index contributed by atoms with van der Waals surface area (Å²) in [5.41, 5.74) is 0.491. The molecule has 1 atom stereocenters. The lowest BCUT2D eigenvalue weighted by Crippen LogP contribution is -2.36. The molecule has 102 valence electrons. The van der Waals surface area contributed by atoms with Crippen molar-refractivity contribution in [3.8, 4) is 11.5 Å². The van der Waals surface area contributed by atoms with Gasteiger partial charge in [-0.25, -0.2) is 0 Å². The van der Waals surface area contributed by atoms with Gasteiger partial charge in [0.25, 0.3) is 5.91 Å². The minimum Gasteiger partial charge on any atom is -0.493 e. The molecule has 0 spiro atoms. The van der Waals surface area contributed by atoms with Crippen LogP contribution in [0.25, 0.3) is 0 Å². The topological polar surface area (TPSA) is 64.6 Å². The number of amides is 1. The third kappa shape index (κ3) is 3.24. The summed E-state index contributed by atoms with van der Waals surface area (Å²) in [6.07, 6.45) is 2.76. The number of carbonyl (C=O) groups is 2. The summed E-state index contributed by atoms with van der Waals surface area (Å²) in [5.74, 6) is 0.827. The van der Waals surface area contributed by atoms with Crippen LogP contribution < -0.4 is 14.8 Å². The largest absolute Gasteiger partial charge is 0.493 e. The molecule has 1 N–H and O–H groups in total. The van der Waals surface area contributed by atoms with E-state index in [1.807, 2.05) is 0 Å². The molecule has 2 rings (SSSR count). The summed E-state index contributed by atoms with van der Waals surface area (Å²) in [6.45, 7) is 0.685. The molecule has 5 heteroatoms. The Bertz CT molecular complexity index is 473. The van der Waals surface area contributed by atoms with Crippen LogP contribution in [0.1, 0.15) is 29.6 Å². The van der Waals surface area contributed by atoms with Crippen LogP contribution in [0.4, 0.5) is 0 Å². The van der Waals surface area contributed by atoms with E-state index in [9.17, 15) is 9.59 Å². The van der Waals surface area contributed by atoms with Crippen molar-refractivity contribution >= 4 is 12.2 Å². The van der Waals surface area contributed by atoms with Gasteiger partial charge in [-0.15, -0.1) is 0 Å². The number of ether oxygens (including phenoxy) is 2. The average molecular weight is 263 g/mol. The van der Waals surface area contributed by atoms with E-state index in [0.717, 1.165) is 19.1 Å². The van der Waals surface area contributed by atoms with Crippen molar-refractivity contribution in [2.24, 2.45) is 0 Å². The number of methoxy groups -OCH3 is 1. The Balaban J connectivity index is 2.20. The summed E-state index contributed by atoms with van der Waals surface area (Å²) in [5, 5.41) is 2.81. The molecule has 1 aromatic carbocycles. The Morgan fingerprint density at radius 3 is 2.89 bits per heavy atom. The van der Waals surface area contributed by atoms with Gasteiger partial charge in [-0.2, -0.15) is 0 Å². The van der Waals surface area contributed by atoms with Crippen molar-refractivity contribution in [2.45, 2.75) is 25.4 Å². The standard InChI is InChI=1S/C14H17NO4/c1-18-11-6-5-10(9-16)8-13(11)19-12-4-2-3-7-15-14(12)17/h5-6,8-9,12H,2-4,7H2,1H3,(H,15,17). The second-order valence-electron chi connectivity index (χ2n) is 4.42. The monoisotopic (exact) mass is 263 g/mol. The van der Waals surface area contributed by atoms with E-state index < -0.39 is 6.10 Å². The fourth-order valence-corrected chi connectivity index (χ4v) is 2.04. The van der Waals surface area contributed by atoms with Crippen molar-refractivity contribution < 1.29 is 19.1 Å². The highest BCUT2D eigenvalue weighted by molar-refractivity contribution is 5.81. The van der Waals surface area contributed by atoms with Gasteiger partial charge in [0, 0.05) is 12.1 Å². The summed E-state index contributed by atoms with van der Waals surface area (Å²) >= 11 is 0. The number of aldehydes is 1. The normalized spacial score (nSPS) is 19.2. The lowest BCUT2D eigenvalue weighted by molar-refractivity contribution is -0.127. The smallest absolute Gasteiger partial charge is 0.261 e. The molecular weight excluding hydrogens is 246 g/mol. The van der Waals surface area contributed by atoms with Crippen LogP contribution in [0.15, 0.2) is 18.2 Å². The fourth-order valence-electron chi connectivity index (χ4n) is 2.04. The Labute approximate surface area is 111 Å². The molecular formula is C14H17NO4. The predicted octanol–water partition coefficient (Wildman–Crippen LogP) is 1.56. The van der Waals surface area contributed by atoms with E-state index in [2.05, 4.69) is 5.32 Å². The van der Waals surface area contributed by atoms with Crippen molar-refractivity contribution in [1.82, 2.24) is 5.32 Å². The lowest BCUT2D eigenvalue weighted by atomic mass is 10.1. The highest BCUT2D eigenvalue weighted by Gasteiger charge is 2.23. The number of hydrogen-bond acceptors (Lipinski definition) is 4. The summed E-state index contributed by atoms with van der Waals surface area (Å²) in [6, 6.07) is 4.89. The third-order valence-corrected chi connectivity index (χ3v) is 3.08. The van der Waals surface area contributed by atoms with Crippen LogP contribution in [0.2, 0.25) is 0 Å². The van der Waals surface area contributed by atoms with Gasteiger partial charge < -0.3 is 14.8 Å². The maximum atomic E-state index is 11.8. The average Bonchev–Trinajstić information content (AvgIpc) is 2.64. The lowest BCUT2D eigenvalue weighted by Gasteiger charge is -2.18. The molecule has 1 fully saturated rings. The SMILES string of the molecule is COc1ccc(C=O)cc1OC1CCCCNC1=O. The first kappa shape index (κ1) is 13.4. The second kappa shape index (κ2) is 6.22. The first-order valence-corrected chi connectivity index (χ1v) is 6.32. The molecule has 1 saturated heterocycles. The molecule has 1 heterocycles. The summed E-state index contributed by atoms with van der Waals surface area (Å²) in [4.78, 5) is 22.6. The van der Waals surface area contributed by atoms with E-state index in [4.69, 9.17) is 9.47 Å². The Hall–Kier alpha value is -2.04. The minimum atomic E-state index is -0.529. The molecule has 1 amide bonds. The van der Waals surface area contributed by atoms with Crippen LogP contribution in [0.3, 0.4) is 0 Å². The number of carbonyl (C=O) groups excluding carboxylic acids is 2. The van der Waals surface area contributed by atoms with Gasteiger partial charge in [-0.3, -0.25) is 9.59 Å². The van der Waals surface area contributed by atoms with Gasteiger partial charge in [0.05, 0.1) is 7.11 Å². The maximum Gasteiger partial charge on any atom is 0.261 e. The van der Waals surface area contributed by atoms with E-state index in [1.54, 1.807) is 18.2 Å². The minimum absolute atomic E-state index is 0.115. The maximum absolute atomic E-state index is 11.8. The predicted molar refractivity (Wildman–Crippen MR) is 69.7 cm³/mol. The van der Waals surface area contributed by atoms with E-state index >= 15 is 0 Å². The van der Waals surface area contributed by atoms with Crippen LogP contribution in [0, 0.1) is 0 Å².